The SMILES string of the molecule is Cc1cc(O)c(NC(=O)Cn2cnc3sccc3c2=O)c(=O)o1. The van der Waals surface area contributed by atoms with E-state index in [2.05, 4.69) is 10.3 Å². The Hall–Kier alpha value is -2.94. The predicted molar refractivity (Wildman–Crippen MR) is 83.9 cm³/mol. The number of thiophene rings is 1. The Morgan fingerprint density at radius 2 is 2.26 bits per heavy atom. The third-order valence-electron chi connectivity index (χ3n) is 3.08. The zero-order valence-corrected chi connectivity index (χ0v) is 12.7. The van der Waals surface area contributed by atoms with Crippen LogP contribution < -0.4 is 16.5 Å². The molecule has 0 aliphatic rings. The molecule has 0 fully saturated rings. The van der Waals surface area contributed by atoms with Crippen LogP contribution in [-0.2, 0) is 11.3 Å². The molecule has 0 saturated heterocycles. The van der Waals surface area contributed by atoms with Gasteiger partial charge < -0.3 is 14.8 Å². The molecular weight excluding hydrogens is 322 g/mol. The van der Waals surface area contributed by atoms with Crippen LogP contribution in [0.5, 0.6) is 5.75 Å². The first-order valence-electron chi connectivity index (χ1n) is 6.52. The fourth-order valence-electron chi connectivity index (χ4n) is 2.05. The first-order chi connectivity index (χ1) is 11.0. The Morgan fingerprint density at radius 3 is 3.00 bits per heavy atom. The Kier molecular flexibility index (Phi) is 3.70. The summed E-state index contributed by atoms with van der Waals surface area (Å²) >= 11 is 1.33. The molecule has 1 amide bonds. The predicted octanol–water partition coefficient (Wildman–Crippen LogP) is 1.06. The molecule has 0 bridgehead atoms. The van der Waals surface area contributed by atoms with Gasteiger partial charge in [0.1, 0.15) is 22.9 Å². The zero-order chi connectivity index (χ0) is 16.6. The minimum atomic E-state index is -0.866. The number of carbonyl (C=O) groups excluding carboxylic acids is 1. The third kappa shape index (κ3) is 2.86. The highest BCUT2D eigenvalue weighted by molar-refractivity contribution is 7.16. The highest BCUT2D eigenvalue weighted by atomic mass is 32.1. The maximum atomic E-state index is 12.2. The summed E-state index contributed by atoms with van der Waals surface area (Å²) < 4.78 is 5.92. The largest absolute Gasteiger partial charge is 0.505 e. The van der Waals surface area contributed by atoms with Crippen LogP contribution in [-0.4, -0.2) is 20.6 Å². The normalized spacial score (nSPS) is 10.8. The van der Waals surface area contributed by atoms with Crippen molar-refractivity contribution in [1.82, 2.24) is 9.55 Å². The van der Waals surface area contributed by atoms with E-state index in [1.807, 2.05) is 0 Å². The van der Waals surface area contributed by atoms with Crippen LogP contribution in [0, 0.1) is 6.92 Å². The average Bonchev–Trinajstić information content (AvgIpc) is 2.95. The molecular formula is C14H11N3O5S. The van der Waals surface area contributed by atoms with Crippen LogP contribution in [0.1, 0.15) is 5.76 Å². The van der Waals surface area contributed by atoms with Gasteiger partial charge in [-0.3, -0.25) is 14.2 Å². The van der Waals surface area contributed by atoms with Gasteiger partial charge >= 0.3 is 5.63 Å². The topological polar surface area (TPSA) is 114 Å². The van der Waals surface area contributed by atoms with Crippen LogP contribution in [0.25, 0.3) is 10.2 Å². The van der Waals surface area contributed by atoms with E-state index in [1.165, 1.54) is 30.7 Å². The summed E-state index contributed by atoms with van der Waals surface area (Å²) in [5, 5.41) is 14.1. The van der Waals surface area contributed by atoms with Crippen molar-refractivity contribution in [3.05, 3.63) is 50.4 Å². The quantitative estimate of drug-likeness (QED) is 0.741. The van der Waals surface area contributed by atoms with E-state index in [0.29, 0.717) is 10.2 Å². The summed E-state index contributed by atoms with van der Waals surface area (Å²) in [6.45, 7) is 1.15. The molecule has 8 nitrogen and oxygen atoms in total. The molecule has 0 saturated carbocycles. The molecule has 0 unspecified atom stereocenters. The van der Waals surface area contributed by atoms with Crippen molar-refractivity contribution < 1.29 is 14.3 Å². The molecule has 0 spiro atoms. The Balaban J connectivity index is 1.86. The lowest BCUT2D eigenvalue weighted by molar-refractivity contribution is -0.116. The van der Waals surface area contributed by atoms with Crippen LogP contribution in [0.2, 0.25) is 0 Å². The molecule has 3 aromatic heterocycles. The van der Waals surface area contributed by atoms with Crippen molar-refractivity contribution in [2.24, 2.45) is 0 Å². The number of hydrogen-bond acceptors (Lipinski definition) is 7. The number of nitrogens with zero attached hydrogens (tertiary/aromatic N) is 2. The average molecular weight is 333 g/mol. The van der Waals surface area contributed by atoms with Gasteiger partial charge in [-0.15, -0.1) is 11.3 Å². The van der Waals surface area contributed by atoms with Gasteiger partial charge in [0.2, 0.25) is 5.91 Å². The second-order valence-corrected chi connectivity index (χ2v) is 5.66. The monoisotopic (exact) mass is 333 g/mol. The van der Waals surface area contributed by atoms with Gasteiger partial charge in [-0.1, -0.05) is 0 Å². The van der Waals surface area contributed by atoms with E-state index in [4.69, 9.17) is 4.42 Å². The lowest BCUT2D eigenvalue weighted by Crippen LogP contribution is -2.29. The molecule has 3 aromatic rings. The van der Waals surface area contributed by atoms with E-state index in [0.717, 1.165) is 4.57 Å². The molecule has 3 heterocycles. The van der Waals surface area contributed by atoms with Crippen molar-refractivity contribution in [1.29, 1.82) is 0 Å². The van der Waals surface area contributed by atoms with Crippen LogP contribution in [0.15, 0.2) is 37.8 Å². The Labute approximate surface area is 132 Å². The number of rotatable bonds is 3. The number of nitrogens with one attached hydrogen (secondary N) is 1. The number of hydrogen-bond donors (Lipinski definition) is 2. The van der Waals surface area contributed by atoms with Crippen LogP contribution in [0.3, 0.4) is 0 Å². The molecule has 9 heteroatoms. The van der Waals surface area contributed by atoms with Gasteiger partial charge in [0.25, 0.3) is 5.56 Å². The molecule has 0 atom stereocenters. The van der Waals surface area contributed by atoms with Crippen molar-refractivity contribution >= 4 is 33.1 Å². The lowest BCUT2D eigenvalue weighted by atomic mass is 10.3. The number of fused-ring (bicyclic) bond motifs is 1. The number of carbonyl (C=O) groups is 1. The Bertz CT molecular complexity index is 1020. The van der Waals surface area contributed by atoms with Crippen molar-refractivity contribution in [2.45, 2.75) is 13.5 Å². The van der Waals surface area contributed by atoms with Crippen LogP contribution in [0.4, 0.5) is 5.69 Å². The molecule has 0 aromatic carbocycles. The number of aryl methyl sites for hydroxylation is 1. The minimum Gasteiger partial charge on any atom is -0.505 e. The highest BCUT2D eigenvalue weighted by Crippen LogP contribution is 2.19. The molecule has 3 rings (SSSR count). The highest BCUT2D eigenvalue weighted by Gasteiger charge is 2.14. The van der Waals surface area contributed by atoms with Gasteiger partial charge in [-0.05, 0) is 18.4 Å². The molecule has 2 N–H and O–H groups in total. The fraction of sp³-hybridized carbons (Fsp3) is 0.143. The van der Waals surface area contributed by atoms with Gasteiger partial charge in [0.15, 0.2) is 5.69 Å². The maximum Gasteiger partial charge on any atom is 0.363 e. The number of aromatic hydroxyl groups is 1. The molecule has 118 valence electrons. The first kappa shape index (κ1) is 15.0. The van der Waals surface area contributed by atoms with E-state index in [1.54, 1.807) is 11.4 Å². The first-order valence-corrected chi connectivity index (χ1v) is 7.40. The summed E-state index contributed by atoms with van der Waals surface area (Å²) in [4.78, 5) is 40.5. The van der Waals surface area contributed by atoms with Crippen molar-refractivity contribution in [2.75, 3.05) is 5.32 Å². The number of aromatic nitrogens is 2. The molecule has 0 radical (unpaired) electrons. The van der Waals surface area contributed by atoms with Crippen LogP contribution >= 0.6 is 11.3 Å². The van der Waals surface area contributed by atoms with E-state index in [9.17, 15) is 19.5 Å². The Morgan fingerprint density at radius 1 is 1.48 bits per heavy atom. The second-order valence-electron chi connectivity index (χ2n) is 4.77. The van der Waals surface area contributed by atoms with E-state index in [-0.39, 0.29) is 23.6 Å². The van der Waals surface area contributed by atoms with Crippen molar-refractivity contribution in [3.8, 4) is 5.75 Å². The fourth-order valence-corrected chi connectivity index (χ4v) is 2.77. The summed E-state index contributed by atoms with van der Waals surface area (Å²) in [5.41, 5.74) is -1.58. The van der Waals surface area contributed by atoms with Gasteiger partial charge in [0.05, 0.1) is 11.7 Å². The van der Waals surface area contributed by atoms with Gasteiger partial charge in [0, 0.05) is 6.07 Å². The third-order valence-corrected chi connectivity index (χ3v) is 3.90. The number of amides is 1. The summed E-state index contributed by atoms with van der Waals surface area (Å²) in [7, 11) is 0. The summed E-state index contributed by atoms with van der Waals surface area (Å²) in [6, 6.07) is 2.84. The van der Waals surface area contributed by atoms with Gasteiger partial charge in [-0.25, -0.2) is 9.78 Å². The summed E-state index contributed by atoms with van der Waals surface area (Å²) in [5.74, 6) is -0.838. The van der Waals surface area contributed by atoms with E-state index < -0.39 is 17.3 Å². The molecule has 23 heavy (non-hydrogen) atoms. The standard InChI is InChI=1S/C14H11N3O5S/c1-7-4-9(18)11(14(21)22-7)16-10(19)5-17-6-15-12-8(13(17)20)2-3-23-12/h2-4,6,18H,5H2,1H3,(H,16,19). The lowest BCUT2D eigenvalue weighted by Gasteiger charge is -2.07. The van der Waals surface area contributed by atoms with Gasteiger partial charge in [-0.2, -0.15) is 0 Å². The second kappa shape index (κ2) is 5.69. The maximum absolute atomic E-state index is 12.2. The zero-order valence-electron chi connectivity index (χ0n) is 11.9. The summed E-state index contributed by atoms with van der Waals surface area (Å²) in [6.07, 6.45) is 1.26. The van der Waals surface area contributed by atoms with E-state index >= 15 is 0 Å². The molecule has 0 aliphatic heterocycles. The smallest absolute Gasteiger partial charge is 0.363 e. The van der Waals surface area contributed by atoms with Crippen molar-refractivity contribution in [3.63, 3.8) is 0 Å². The number of anilines is 1. The molecule has 0 aliphatic carbocycles. The minimum absolute atomic E-state index is 0.217.